The molecule has 0 spiro atoms. The van der Waals surface area contributed by atoms with Crippen LogP contribution in [-0.2, 0) is 9.53 Å². The highest BCUT2D eigenvalue weighted by Gasteiger charge is 2.24. The molecule has 3 N–H and O–H groups in total. The van der Waals surface area contributed by atoms with Crippen LogP contribution in [-0.4, -0.2) is 56.2 Å². The molecular weight excluding hydrogens is 230 g/mol. The van der Waals surface area contributed by atoms with E-state index in [1.165, 1.54) is 0 Å². The van der Waals surface area contributed by atoms with Crippen molar-refractivity contribution in [3.05, 3.63) is 0 Å². The molecule has 1 amide bonds. The third-order valence-electron chi connectivity index (χ3n) is 3.40. The van der Waals surface area contributed by atoms with Gasteiger partial charge in [-0.1, -0.05) is 0 Å². The molecule has 0 aromatic heterocycles. The average Bonchev–Trinajstić information content (AvgIpc) is 2.89. The van der Waals surface area contributed by atoms with Crippen molar-refractivity contribution in [2.24, 2.45) is 5.73 Å². The molecular formula is C13H27N3O2. The van der Waals surface area contributed by atoms with E-state index in [0.717, 1.165) is 38.8 Å². The summed E-state index contributed by atoms with van der Waals surface area (Å²) in [6.07, 6.45) is 4.16. The molecule has 1 heterocycles. The standard InChI is InChI=1S/C13H27N3O2/c1-11(13(17)16-8-3-4-9-16)15-12(10-18-2)6-5-7-14/h11-12,15H,3-10,14H2,1-2H3. The molecule has 0 radical (unpaired) electrons. The van der Waals surface area contributed by atoms with Crippen molar-refractivity contribution >= 4 is 5.91 Å². The lowest BCUT2D eigenvalue weighted by Gasteiger charge is -2.25. The van der Waals surface area contributed by atoms with Crippen LogP contribution in [0.3, 0.4) is 0 Å². The molecule has 5 nitrogen and oxygen atoms in total. The van der Waals surface area contributed by atoms with Crippen LogP contribution in [0.1, 0.15) is 32.6 Å². The largest absolute Gasteiger partial charge is 0.383 e. The lowest BCUT2D eigenvalue weighted by molar-refractivity contribution is -0.132. The predicted molar refractivity (Wildman–Crippen MR) is 72.4 cm³/mol. The summed E-state index contributed by atoms with van der Waals surface area (Å²) in [6, 6.07) is 0.0705. The second-order valence-electron chi connectivity index (χ2n) is 5.00. The number of likely N-dealkylation sites (tertiary alicyclic amines) is 1. The van der Waals surface area contributed by atoms with Gasteiger partial charge < -0.3 is 20.7 Å². The average molecular weight is 257 g/mol. The van der Waals surface area contributed by atoms with Crippen LogP contribution in [0.5, 0.6) is 0 Å². The number of ether oxygens (including phenoxy) is 1. The number of hydrogen-bond acceptors (Lipinski definition) is 4. The topological polar surface area (TPSA) is 67.6 Å². The van der Waals surface area contributed by atoms with Crippen LogP contribution < -0.4 is 11.1 Å². The van der Waals surface area contributed by atoms with Crippen molar-refractivity contribution < 1.29 is 9.53 Å². The predicted octanol–water partition coefficient (Wildman–Crippen LogP) is 0.341. The Bertz CT molecular complexity index is 242. The van der Waals surface area contributed by atoms with Gasteiger partial charge in [-0.2, -0.15) is 0 Å². The molecule has 106 valence electrons. The van der Waals surface area contributed by atoms with Gasteiger partial charge in [0.25, 0.3) is 0 Å². The molecule has 0 aromatic rings. The zero-order chi connectivity index (χ0) is 13.4. The first kappa shape index (κ1) is 15.4. The van der Waals surface area contributed by atoms with Gasteiger partial charge in [0.05, 0.1) is 12.6 Å². The Labute approximate surface area is 110 Å². The third kappa shape index (κ3) is 4.92. The first-order chi connectivity index (χ1) is 8.69. The third-order valence-corrected chi connectivity index (χ3v) is 3.40. The van der Waals surface area contributed by atoms with Crippen molar-refractivity contribution in [1.82, 2.24) is 10.2 Å². The number of rotatable bonds is 8. The minimum Gasteiger partial charge on any atom is -0.383 e. The maximum Gasteiger partial charge on any atom is 0.239 e. The second-order valence-corrected chi connectivity index (χ2v) is 5.00. The van der Waals surface area contributed by atoms with Gasteiger partial charge in [-0.25, -0.2) is 0 Å². The van der Waals surface area contributed by atoms with Crippen LogP contribution >= 0.6 is 0 Å². The highest BCUT2D eigenvalue weighted by molar-refractivity contribution is 5.81. The SMILES string of the molecule is COCC(CCCN)NC(C)C(=O)N1CCCC1. The fraction of sp³-hybridized carbons (Fsp3) is 0.923. The van der Waals surface area contributed by atoms with E-state index in [9.17, 15) is 4.79 Å². The molecule has 2 atom stereocenters. The molecule has 1 aliphatic rings. The van der Waals surface area contributed by atoms with Crippen molar-refractivity contribution in [2.75, 3.05) is 33.4 Å². The van der Waals surface area contributed by atoms with E-state index < -0.39 is 0 Å². The zero-order valence-electron chi connectivity index (χ0n) is 11.7. The lowest BCUT2D eigenvalue weighted by atomic mass is 10.1. The fourth-order valence-corrected chi connectivity index (χ4v) is 2.42. The van der Waals surface area contributed by atoms with Gasteiger partial charge >= 0.3 is 0 Å². The smallest absolute Gasteiger partial charge is 0.239 e. The number of nitrogens with two attached hydrogens (primary N) is 1. The monoisotopic (exact) mass is 257 g/mol. The zero-order valence-corrected chi connectivity index (χ0v) is 11.7. The molecule has 1 rings (SSSR count). The van der Waals surface area contributed by atoms with Crippen LogP contribution in [0.2, 0.25) is 0 Å². The van der Waals surface area contributed by atoms with Crippen molar-refractivity contribution in [2.45, 2.75) is 44.7 Å². The number of nitrogens with one attached hydrogen (secondary N) is 1. The van der Waals surface area contributed by atoms with E-state index in [1.807, 2.05) is 11.8 Å². The summed E-state index contributed by atoms with van der Waals surface area (Å²) < 4.78 is 5.18. The van der Waals surface area contributed by atoms with Crippen LogP contribution in [0.15, 0.2) is 0 Å². The van der Waals surface area contributed by atoms with Gasteiger partial charge in [0, 0.05) is 26.2 Å². The Morgan fingerprint density at radius 2 is 2.11 bits per heavy atom. The molecule has 1 fully saturated rings. The minimum absolute atomic E-state index is 0.138. The highest BCUT2D eigenvalue weighted by Crippen LogP contribution is 2.09. The van der Waals surface area contributed by atoms with Crippen LogP contribution in [0.25, 0.3) is 0 Å². The number of carbonyl (C=O) groups excluding carboxylic acids is 1. The van der Waals surface area contributed by atoms with E-state index >= 15 is 0 Å². The minimum atomic E-state index is -0.138. The van der Waals surface area contributed by atoms with Gasteiger partial charge in [-0.05, 0) is 39.2 Å². The number of carbonyl (C=O) groups is 1. The fourth-order valence-electron chi connectivity index (χ4n) is 2.42. The Kier molecular flexibility index (Phi) is 7.23. The second kappa shape index (κ2) is 8.45. The summed E-state index contributed by atoms with van der Waals surface area (Å²) in [5.41, 5.74) is 5.52. The highest BCUT2D eigenvalue weighted by atomic mass is 16.5. The van der Waals surface area contributed by atoms with Crippen molar-refractivity contribution in [3.63, 3.8) is 0 Å². The first-order valence-corrected chi connectivity index (χ1v) is 6.93. The first-order valence-electron chi connectivity index (χ1n) is 6.93. The number of hydrogen-bond donors (Lipinski definition) is 2. The van der Waals surface area contributed by atoms with Gasteiger partial charge in [-0.3, -0.25) is 4.79 Å². The Balaban J connectivity index is 2.38. The molecule has 0 aliphatic carbocycles. The normalized spacial score (nSPS) is 18.9. The lowest BCUT2D eigenvalue weighted by Crippen LogP contribution is -2.49. The molecule has 0 bridgehead atoms. The van der Waals surface area contributed by atoms with E-state index in [0.29, 0.717) is 13.2 Å². The van der Waals surface area contributed by atoms with Crippen LogP contribution in [0.4, 0.5) is 0 Å². The summed E-state index contributed by atoms with van der Waals surface area (Å²) >= 11 is 0. The maximum absolute atomic E-state index is 12.2. The number of amides is 1. The summed E-state index contributed by atoms with van der Waals surface area (Å²) in [5, 5.41) is 3.36. The summed E-state index contributed by atoms with van der Waals surface area (Å²) in [5.74, 6) is 0.210. The van der Waals surface area contributed by atoms with Crippen molar-refractivity contribution in [3.8, 4) is 0 Å². The molecule has 5 heteroatoms. The van der Waals surface area contributed by atoms with Crippen LogP contribution in [0, 0.1) is 0 Å². The van der Waals surface area contributed by atoms with E-state index in [1.54, 1.807) is 7.11 Å². The molecule has 2 unspecified atom stereocenters. The Morgan fingerprint density at radius 1 is 1.44 bits per heavy atom. The summed E-state index contributed by atoms with van der Waals surface area (Å²) in [7, 11) is 1.68. The van der Waals surface area contributed by atoms with Gasteiger partial charge in [0.1, 0.15) is 0 Å². The maximum atomic E-state index is 12.2. The molecule has 1 aliphatic heterocycles. The molecule has 0 saturated carbocycles. The Morgan fingerprint density at radius 3 is 2.67 bits per heavy atom. The molecule has 1 saturated heterocycles. The van der Waals surface area contributed by atoms with E-state index in [-0.39, 0.29) is 18.0 Å². The quantitative estimate of drug-likeness (QED) is 0.658. The number of nitrogens with zero attached hydrogens (tertiary/aromatic N) is 1. The van der Waals surface area contributed by atoms with Gasteiger partial charge in [-0.15, -0.1) is 0 Å². The number of methoxy groups -OCH3 is 1. The Hall–Kier alpha value is -0.650. The van der Waals surface area contributed by atoms with Crippen molar-refractivity contribution in [1.29, 1.82) is 0 Å². The molecule has 18 heavy (non-hydrogen) atoms. The van der Waals surface area contributed by atoms with E-state index in [4.69, 9.17) is 10.5 Å². The summed E-state index contributed by atoms with van der Waals surface area (Å²) in [6.45, 7) is 5.05. The van der Waals surface area contributed by atoms with Gasteiger partial charge in [0.2, 0.25) is 5.91 Å². The molecule has 0 aromatic carbocycles. The van der Waals surface area contributed by atoms with Gasteiger partial charge in [0.15, 0.2) is 0 Å². The summed E-state index contributed by atoms with van der Waals surface area (Å²) in [4.78, 5) is 14.1. The van der Waals surface area contributed by atoms with E-state index in [2.05, 4.69) is 5.32 Å².